The van der Waals surface area contributed by atoms with Crippen molar-refractivity contribution in [2.24, 2.45) is 0 Å². The first-order valence-corrected chi connectivity index (χ1v) is 6.64. The van der Waals surface area contributed by atoms with Gasteiger partial charge < -0.3 is 19.9 Å². The number of fused-ring (bicyclic) bond motifs is 2. The normalized spacial score (nSPS) is 15.6. The molecule has 2 N–H and O–H groups in total. The first kappa shape index (κ1) is 12.3. The summed E-state index contributed by atoms with van der Waals surface area (Å²) in [5.41, 5.74) is 3.17. The van der Waals surface area contributed by atoms with Gasteiger partial charge in [0.25, 0.3) is 0 Å². The van der Waals surface area contributed by atoms with E-state index in [1.54, 1.807) is 0 Å². The van der Waals surface area contributed by atoms with E-state index in [9.17, 15) is 9.90 Å². The van der Waals surface area contributed by atoms with Crippen molar-refractivity contribution in [1.29, 1.82) is 0 Å². The molecule has 19 heavy (non-hydrogen) atoms. The second kappa shape index (κ2) is 4.74. The van der Waals surface area contributed by atoms with Crippen molar-refractivity contribution >= 4 is 5.97 Å². The highest BCUT2D eigenvalue weighted by atomic mass is 16.5. The Morgan fingerprint density at radius 3 is 2.58 bits per heavy atom. The number of carboxylic acid groups (broad SMARTS) is 1. The lowest BCUT2D eigenvalue weighted by Gasteiger charge is -2.15. The molecule has 1 aromatic rings. The van der Waals surface area contributed by atoms with E-state index in [0.717, 1.165) is 35.4 Å². The minimum atomic E-state index is -0.921. The maximum absolute atomic E-state index is 11.5. The third-order valence-corrected chi connectivity index (χ3v) is 3.68. The molecule has 102 valence electrons. The summed E-state index contributed by atoms with van der Waals surface area (Å²) in [5, 5.41) is 12.7. The highest BCUT2D eigenvalue weighted by Crippen LogP contribution is 2.44. The van der Waals surface area contributed by atoms with Gasteiger partial charge in [-0.05, 0) is 6.54 Å². The predicted octanol–water partition coefficient (Wildman–Crippen LogP) is 1.36. The van der Waals surface area contributed by atoms with E-state index in [4.69, 9.17) is 9.47 Å². The zero-order chi connectivity index (χ0) is 13.4. The molecule has 1 aromatic carbocycles. The molecule has 0 aromatic heterocycles. The Bertz CT molecular complexity index is 504. The summed E-state index contributed by atoms with van der Waals surface area (Å²) in [6.45, 7) is 4.72. The summed E-state index contributed by atoms with van der Waals surface area (Å²) < 4.78 is 11.3. The molecule has 0 aliphatic carbocycles. The van der Waals surface area contributed by atoms with E-state index < -0.39 is 5.97 Å². The molecule has 0 atom stereocenters. The molecule has 0 fully saturated rings. The van der Waals surface area contributed by atoms with Gasteiger partial charge in [0.15, 0.2) is 0 Å². The van der Waals surface area contributed by atoms with E-state index in [1.807, 2.05) is 6.92 Å². The van der Waals surface area contributed by atoms with Crippen LogP contribution in [0, 0.1) is 0 Å². The zero-order valence-electron chi connectivity index (χ0n) is 10.9. The molecule has 3 rings (SSSR count). The van der Waals surface area contributed by atoms with Crippen LogP contribution in [0.4, 0.5) is 0 Å². The predicted molar refractivity (Wildman–Crippen MR) is 69.2 cm³/mol. The molecule has 0 bridgehead atoms. The molecule has 0 spiro atoms. The topological polar surface area (TPSA) is 67.8 Å². The molecule has 2 aliphatic rings. The largest absolute Gasteiger partial charge is 0.493 e. The molecule has 0 saturated heterocycles. The Balaban J connectivity index is 2.19. The highest BCUT2D eigenvalue weighted by molar-refractivity contribution is 5.95. The van der Waals surface area contributed by atoms with Crippen molar-refractivity contribution in [2.45, 2.75) is 26.3 Å². The second-order valence-corrected chi connectivity index (χ2v) is 4.75. The van der Waals surface area contributed by atoms with E-state index in [2.05, 4.69) is 5.32 Å². The van der Waals surface area contributed by atoms with Crippen LogP contribution in [-0.2, 0) is 19.4 Å². The van der Waals surface area contributed by atoms with Crippen molar-refractivity contribution in [3.05, 3.63) is 22.3 Å². The fourth-order valence-corrected chi connectivity index (χ4v) is 2.87. The average Bonchev–Trinajstić information content (AvgIpc) is 3.01. The van der Waals surface area contributed by atoms with E-state index >= 15 is 0 Å². The average molecular weight is 263 g/mol. The van der Waals surface area contributed by atoms with Gasteiger partial charge in [0.05, 0.1) is 13.2 Å². The van der Waals surface area contributed by atoms with Gasteiger partial charge in [-0.25, -0.2) is 4.79 Å². The molecule has 2 heterocycles. The van der Waals surface area contributed by atoms with E-state index in [1.165, 1.54) is 0 Å². The summed E-state index contributed by atoms with van der Waals surface area (Å²) >= 11 is 0. The lowest BCUT2D eigenvalue weighted by Crippen LogP contribution is -2.15. The minimum Gasteiger partial charge on any atom is -0.493 e. The quantitative estimate of drug-likeness (QED) is 0.858. The molecule has 0 saturated carbocycles. The number of rotatable bonds is 4. The lowest BCUT2D eigenvalue weighted by molar-refractivity contribution is 0.0692. The van der Waals surface area contributed by atoms with Gasteiger partial charge in [-0.3, -0.25) is 0 Å². The maximum Gasteiger partial charge on any atom is 0.339 e. The van der Waals surface area contributed by atoms with Crippen LogP contribution < -0.4 is 14.8 Å². The number of aromatic carboxylic acids is 1. The van der Waals surface area contributed by atoms with Crippen LogP contribution in [0.3, 0.4) is 0 Å². The number of hydrogen-bond acceptors (Lipinski definition) is 4. The summed E-state index contributed by atoms with van der Waals surface area (Å²) in [6, 6.07) is 0. The third kappa shape index (κ3) is 1.85. The Morgan fingerprint density at radius 1 is 1.21 bits per heavy atom. The molecule has 0 unspecified atom stereocenters. The number of nitrogens with one attached hydrogen (secondary N) is 1. The van der Waals surface area contributed by atoms with Crippen LogP contribution >= 0.6 is 0 Å². The summed E-state index contributed by atoms with van der Waals surface area (Å²) in [5.74, 6) is 0.405. The standard InChI is InChI=1S/C14H17NO4/c1-2-15-7-10-8-3-5-19-13(8)11(14(16)17)9-4-6-18-12(9)10/h15H,2-7H2,1H3,(H,16,17). The maximum atomic E-state index is 11.5. The summed E-state index contributed by atoms with van der Waals surface area (Å²) in [7, 11) is 0. The number of hydrogen-bond donors (Lipinski definition) is 2. The van der Waals surface area contributed by atoms with Crippen LogP contribution in [0.15, 0.2) is 0 Å². The molecule has 0 radical (unpaired) electrons. The zero-order valence-corrected chi connectivity index (χ0v) is 10.9. The number of carbonyl (C=O) groups is 1. The molecule has 0 amide bonds. The second-order valence-electron chi connectivity index (χ2n) is 4.75. The van der Waals surface area contributed by atoms with Gasteiger partial charge in [0.1, 0.15) is 17.1 Å². The van der Waals surface area contributed by atoms with Crippen LogP contribution in [0.25, 0.3) is 0 Å². The lowest BCUT2D eigenvalue weighted by atomic mass is 9.94. The molecular weight excluding hydrogens is 246 g/mol. The van der Waals surface area contributed by atoms with Gasteiger partial charge in [0.2, 0.25) is 0 Å². The van der Waals surface area contributed by atoms with Gasteiger partial charge in [-0.2, -0.15) is 0 Å². The number of ether oxygens (including phenoxy) is 2. The van der Waals surface area contributed by atoms with Gasteiger partial charge in [0, 0.05) is 36.1 Å². The summed E-state index contributed by atoms with van der Waals surface area (Å²) in [4.78, 5) is 11.5. The third-order valence-electron chi connectivity index (χ3n) is 3.68. The van der Waals surface area contributed by atoms with Gasteiger partial charge >= 0.3 is 5.97 Å². The first-order chi connectivity index (χ1) is 9.24. The first-order valence-electron chi connectivity index (χ1n) is 6.64. The van der Waals surface area contributed by atoms with Crippen LogP contribution in [0.5, 0.6) is 11.5 Å². The Morgan fingerprint density at radius 2 is 1.89 bits per heavy atom. The Hall–Kier alpha value is -1.75. The fraction of sp³-hybridized carbons (Fsp3) is 0.500. The highest BCUT2D eigenvalue weighted by Gasteiger charge is 2.33. The van der Waals surface area contributed by atoms with Crippen molar-refractivity contribution < 1.29 is 19.4 Å². The number of benzene rings is 1. The smallest absolute Gasteiger partial charge is 0.339 e. The molecule has 5 nitrogen and oxygen atoms in total. The van der Waals surface area contributed by atoms with Crippen molar-refractivity contribution in [1.82, 2.24) is 5.32 Å². The van der Waals surface area contributed by atoms with Crippen molar-refractivity contribution in [2.75, 3.05) is 19.8 Å². The minimum absolute atomic E-state index is 0.306. The Kier molecular flexibility index (Phi) is 3.06. The monoisotopic (exact) mass is 263 g/mol. The van der Waals surface area contributed by atoms with Gasteiger partial charge in [-0.15, -0.1) is 0 Å². The Labute approximate surface area is 111 Å². The van der Waals surface area contributed by atoms with Crippen LogP contribution in [0.1, 0.15) is 34.0 Å². The fourth-order valence-electron chi connectivity index (χ4n) is 2.87. The van der Waals surface area contributed by atoms with E-state index in [-0.39, 0.29) is 0 Å². The molecule has 5 heteroatoms. The van der Waals surface area contributed by atoms with Crippen molar-refractivity contribution in [3.8, 4) is 11.5 Å². The molecule has 2 aliphatic heterocycles. The van der Waals surface area contributed by atoms with Crippen LogP contribution in [-0.4, -0.2) is 30.8 Å². The molecular formula is C14H17NO4. The SMILES string of the molecule is CCNCc1c2c(c(C(=O)O)c3c1OCC3)OCC2. The van der Waals surface area contributed by atoms with E-state index in [0.29, 0.717) is 37.5 Å². The summed E-state index contributed by atoms with van der Waals surface area (Å²) in [6.07, 6.45) is 1.40. The van der Waals surface area contributed by atoms with Crippen molar-refractivity contribution in [3.63, 3.8) is 0 Å². The van der Waals surface area contributed by atoms with Crippen LogP contribution in [0.2, 0.25) is 0 Å². The number of carboxylic acids is 1. The van der Waals surface area contributed by atoms with Gasteiger partial charge in [-0.1, -0.05) is 6.92 Å².